The number of allylic oxidation sites excluding steroid dienone is 3. The van der Waals surface area contributed by atoms with Crippen LogP contribution in [0, 0.1) is 12.1 Å². The first kappa shape index (κ1) is 35.7. The van der Waals surface area contributed by atoms with E-state index in [0.717, 1.165) is 57.0 Å². The van der Waals surface area contributed by atoms with E-state index in [-0.39, 0.29) is 5.92 Å². The van der Waals surface area contributed by atoms with Gasteiger partial charge in [-0.1, -0.05) is 115 Å². The summed E-state index contributed by atoms with van der Waals surface area (Å²) in [5.41, 5.74) is 13.9. The summed E-state index contributed by atoms with van der Waals surface area (Å²) in [5.74, 6) is 0.261. The van der Waals surface area contributed by atoms with Crippen molar-refractivity contribution in [2.45, 2.75) is 12.3 Å². The van der Waals surface area contributed by atoms with Gasteiger partial charge in [-0.3, -0.25) is 0 Å². The second kappa shape index (κ2) is 14.8. The Labute approximate surface area is 360 Å². The van der Waals surface area contributed by atoms with Crippen LogP contribution in [-0.2, 0) is 0 Å². The van der Waals surface area contributed by atoms with Crippen LogP contribution in [0.3, 0.4) is 0 Å². The third kappa shape index (κ3) is 6.02. The van der Waals surface area contributed by atoms with E-state index in [9.17, 15) is 0 Å². The topological polar surface area (TPSA) is 25.1 Å². The average Bonchev–Trinajstić information content (AvgIpc) is 3.85. The maximum atomic E-state index is 3.70. The first-order valence-corrected chi connectivity index (χ1v) is 21.3. The summed E-state index contributed by atoms with van der Waals surface area (Å²) in [6.45, 7) is 0. The SMILES string of the molecule is c1ccc2c(N(C3=CCC(c4ccc(Nc5ccc6c(c5)c5ccccc5n6-c5ccccc5)cc4)C=C3)c3ccc4c(c3)c3ccccc3n4-c3ccccc3)cccc2c#1. The number of fused-ring (bicyclic) bond motifs is 7. The van der Waals surface area contributed by atoms with Gasteiger partial charge in [0.2, 0.25) is 0 Å². The number of benzene rings is 8. The highest BCUT2D eigenvalue weighted by Gasteiger charge is 2.22. The van der Waals surface area contributed by atoms with Crippen molar-refractivity contribution in [1.82, 2.24) is 9.13 Å². The quantitative estimate of drug-likeness (QED) is 0.166. The fourth-order valence-corrected chi connectivity index (χ4v) is 9.57. The van der Waals surface area contributed by atoms with Crippen LogP contribution in [0.15, 0.2) is 224 Å². The zero-order chi connectivity index (χ0) is 41.0. The fraction of sp³-hybridized carbons (Fsp3) is 0.0345. The van der Waals surface area contributed by atoms with E-state index < -0.39 is 0 Å². The zero-order valence-electron chi connectivity index (χ0n) is 33.9. The van der Waals surface area contributed by atoms with Crippen molar-refractivity contribution in [3.05, 3.63) is 242 Å². The minimum absolute atomic E-state index is 0.261. The molecule has 11 aromatic rings. The molecule has 1 unspecified atom stereocenters. The van der Waals surface area contributed by atoms with Crippen molar-refractivity contribution < 1.29 is 0 Å². The summed E-state index contributed by atoms with van der Waals surface area (Å²) in [4.78, 5) is 2.41. The molecule has 2 aromatic heterocycles. The van der Waals surface area contributed by atoms with E-state index in [1.54, 1.807) is 0 Å². The molecule has 0 aliphatic heterocycles. The van der Waals surface area contributed by atoms with Crippen molar-refractivity contribution in [2.24, 2.45) is 0 Å². The molecule has 0 amide bonds. The third-order valence-electron chi connectivity index (χ3n) is 12.4. The van der Waals surface area contributed by atoms with E-state index in [4.69, 9.17) is 0 Å². The molecule has 0 fully saturated rings. The van der Waals surface area contributed by atoms with Gasteiger partial charge in [0, 0.05) is 72.4 Å². The monoisotopic (exact) mass is 792 g/mol. The minimum atomic E-state index is 0.261. The number of hydrogen-bond acceptors (Lipinski definition) is 2. The van der Waals surface area contributed by atoms with Gasteiger partial charge >= 0.3 is 0 Å². The highest BCUT2D eigenvalue weighted by molar-refractivity contribution is 6.12. The van der Waals surface area contributed by atoms with E-state index in [1.165, 1.54) is 49.2 Å². The van der Waals surface area contributed by atoms with Crippen LogP contribution in [0.2, 0.25) is 0 Å². The molecule has 0 radical (unpaired) electrons. The van der Waals surface area contributed by atoms with Gasteiger partial charge < -0.3 is 19.4 Å². The van der Waals surface area contributed by atoms with Gasteiger partial charge in [-0.25, -0.2) is 0 Å². The standard InChI is InChI=1S/C58H40N4/c1-3-16-45(17-4-1)61-55-23-11-9-21-50(55)52-38-44(32-36-57(52)61)59-43-30-26-40(27-31-43)41-28-33-47(34-29-41)60(54-25-13-15-42-14-7-8-20-49(42)54)48-35-37-58-53(39-48)51-22-10-12-24-56(51)62(58)46-18-5-2-6-19-46/h1-6,8-13,15-28,30-39,41,59H,29H2. The number of aromatic nitrogens is 2. The number of nitrogens with zero attached hydrogens (tertiary/aromatic N) is 3. The molecule has 4 nitrogen and oxygen atoms in total. The van der Waals surface area contributed by atoms with Crippen LogP contribution in [-0.4, -0.2) is 9.13 Å². The lowest BCUT2D eigenvalue weighted by Gasteiger charge is -2.30. The third-order valence-corrected chi connectivity index (χ3v) is 12.4. The van der Waals surface area contributed by atoms with Crippen molar-refractivity contribution in [3.8, 4) is 11.4 Å². The van der Waals surface area contributed by atoms with Gasteiger partial charge in [-0.2, -0.15) is 0 Å². The number of hydrogen-bond donors (Lipinski definition) is 1. The lowest BCUT2D eigenvalue weighted by molar-refractivity contribution is 0.840. The fourth-order valence-electron chi connectivity index (χ4n) is 9.57. The van der Waals surface area contributed by atoms with Crippen LogP contribution in [0.5, 0.6) is 0 Å². The molecule has 1 aliphatic rings. The molecule has 0 bridgehead atoms. The average molecular weight is 793 g/mol. The lowest BCUT2D eigenvalue weighted by atomic mass is 9.91. The van der Waals surface area contributed by atoms with Crippen LogP contribution in [0.1, 0.15) is 17.9 Å². The second-order valence-electron chi connectivity index (χ2n) is 16.1. The second-order valence-corrected chi connectivity index (χ2v) is 16.1. The predicted molar refractivity (Wildman–Crippen MR) is 260 cm³/mol. The summed E-state index contributed by atoms with van der Waals surface area (Å²) in [6.07, 6.45) is 7.95. The van der Waals surface area contributed by atoms with Gasteiger partial charge in [0.1, 0.15) is 0 Å². The summed E-state index contributed by atoms with van der Waals surface area (Å²) >= 11 is 0. The Morgan fingerprint density at radius 3 is 1.79 bits per heavy atom. The highest BCUT2D eigenvalue weighted by atomic mass is 15.1. The Morgan fingerprint density at radius 1 is 0.500 bits per heavy atom. The Balaban J connectivity index is 0.857. The van der Waals surface area contributed by atoms with Gasteiger partial charge in [0.25, 0.3) is 0 Å². The molecule has 0 saturated carbocycles. The molecule has 62 heavy (non-hydrogen) atoms. The smallest absolute Gasteiger partial charge is 0.0546 e. The van der Waals surface area contributed by atoms with Crippen molar-refractivity contribution in [3.63, 3.8) is 0 Å². The van der Waals surface area contributed by atoms with Gasteiger partial charge in [0.15, 0.2) is 0 Å². The van der Waals surface area contributed by atoms with Crippen LogP contribution in [0.4, 0.5) is 22.7 Å². The van der Waals surface area contributed by atoms with Crippen LogP contribution >= 0.6 is 0 Å². The molecule has 1 aliphatic carbocycles. The predicted octanol–water partition coefficient (Wildman–Crippen LogP) is 15.1. The Bertz CT molecular complexity index is 3510. The molecule has 4 heteroatoms. The molecule has 9 aromatic carbocycles. The van der Waals surface area contributed by atoms with Crippen molar-refractivity contribution in [2.75, 3.05) is 10.2 Å². The minimum Gasteiger partial charge on any atom is -0.356 e. The van der Waals surface area contributed by atoms with E-state index in [2.05, 4.69) is 244 Å². The molecule has 12 rings (SSSR count). The van der Waals surface area contributed by atoms with Gasteiger partial charge in [-0.05, 0) is 127 Å². The number of anilines is 4. The largest absolute Gasteiger partial charge is 0.356 e. The van der Waals surface area contributed by atoms with Crippen molar-refractivity contribution in [1.29, 1.82) is 0 Å². The van der Waals surface area contributed by atoms with Gasteiger partial charge in [0.05, 0.1) is 27.8 Å². The molecular weight excluding hydrogens is 753 g/mol. The maximum Gasteiger partial charge on any atom is 0.0546 e. The van der Waals surface area contributed by atoms with E-state index in [0.29, 0.717) is 0 Å². The first-order valence-electron chi connectivity index (χ1n) is 21.3. The van der Waals surface area contributed by atoms with Gasteiger partial charge in [-0.15, -0.1) is 0 Å². The Morgan fingerprint density at radius 2 is 1.11 bits per heavy atom. The zero-order valence-corrected chi connectivity index (χ0v) is 33.9. The Kier molecular flexibility index (Phi) is 8.50. The molecule has 0 spiro atoms. The molecule has 292 valence electrons. The lowest BCUT2D eigenvalue weighted by Crippen LogP contribution is -2.17. The molecule has 1 N–H and O–H groups in total. The molecular formula is C58H40N4. The summed E-state index contributed by atoms with van der Waals surface area (Å²) in [6, 6.07) is 78.3. The van der Waals surface area contributed by atoms with Crippen LogP contribution in [0.25, 0.3) is 65.8 Å². The highest BCUT2D eigenvalue weighted by Crippen LogP contribution is 2.42. The van der Waals surface area contributed by atoms with Crippen molar-refractivity contribution >= 4 is 77.1 Å². The first-order chi connectivity index (χ1) is 30.7. The summed E-state index contributed by atoms with van der Waals surface area (Å²) in [5, 5.41) is 10.8. The number of nitrogens with one attached hydrogen (secondary N) is 1. The number of rotatable bonds is 8. The van der Waals surface area contributed by atoms with E-state index >= 15 is 0 Å². The van der Waals surface area contributed by atoms with E-state index in [1.807, 2.05) is 6.07 Å². The Hall–Kier alpha value is -8.26. The molecule has 2 heterocycles. The summed E-state index contributed by atoms with van der Waals surface area (Å²) in [7, 11) is 0. The normalized spacial score (nSPS) is 13.8. The molecule has 1 atom stereocenters. The number of para-hydroxylation sites is 4. The van der Waals surface area contributed by atoms with Crippen LogP contribution < -0.4 is 10.2 Å². The maximum absolute atomic E-state index is 3.70. The molecule has 0 saturated heterocycles. The summed E-state index contributed by atoms with van der Waals surface area (Å²) < 4.78 is 4.72.